The summed E-state index contributed by atoms with van der Waals surface area (Å²) >= 11 is 2.59. The van der Waals surface area contributed by atoms with Crippen molar-refractivity contribution in [3.05, 3.63) is 95.0 Å². The van der Waals surface area contributed by atoms with E-state index >= 15 is 0 Å². The van der Waals surface area contributed by atoms with Gasteiger partial charge in [0.05, 0.1) is 0 Å². The number of hydrogen-bond acceptors (Lipinski definition) is 2. The molecule has 3 aromatic rings. The minimum atomic E-state index is -3.57. The second-order valence-corrected chi connectivity index (χ2v) is 10.7. The van der Waals surface area contributed by atoms with Gasteiger partial charge in [-0.05, 0) is 6.92 Å². The molecule has 0 saturated carbocycles. The Morgan fingerprint density at radius 3 is 2.19 bits per heavy atom. The summed E-state index contributed by atoms with van der Waals surface area (Å²) in [5.41, 5.74) is 2.65. The Hall–Kier alpha value is -1.60. The topological polar surface area (TPSA) is 46.2 Å². The van der Waals surface area contributed by atoms with E-state index in [1.54, 1.807) is 36.4 Å². The molecule has 27 heavy (non-hydrogen) atoms. The second-order valence-electron chi connectivity index (χ2n) is 5.89. The predicted molar refractivity (Wildman–Crippen MR) is 122 cm³/mol. The van der Waals surface area contributed by atoms with Gasteiger partial charge in [-0.25, -0.2) is 0 Å². The molecule has 0 amide bonds. The molecule has 3 rings (SSSR count). The molecule has 0 unspecified atom stereocenters. The SMILES string of the molecule is Cc1ccc(S(=O)(=O)Nc2ccc(/C(I)=C\[Se]c3ccccc3)cc2)cc1. The molecule has 0 heterocycles. The van der Waals surface area contributed by atoms with Crippen LogP contribution < -0.4 is 9.18 Å². The van der Waals surface area contributed by atoms with Crippen LogP contribution in [0.5, 0.6) is 0 Å². The molecular weight excluding hydrogens is 536 g/mol. The number of aryl methyl sites for hydroxylation is 1. The van der Waals surface area contributed by atoms with Gasteiger partial charge in [0.25, 0.3) is 0 Å². The van der Waals surface area contributed by atoms with E-state index in [-0.39, 0.29) is 19.9 Å². The summed E-state index contributed by atoms with van der Waals surface area (Å²) in [5, 5.41) is 0. The van der Waals surface area contributed by atoms with Gasteiger partial charge in [-0.2, -0.15) is 0 Å². The first-order valence-electron chi connectivity index (χ1n) is 8.21. The Morgan fingerprint density at radius 2 is 1.56 bits per heavy atom. The quantitative estimate of drug-likeness (QED) is 0.359. The summed E-state index contributed by atoms with van der Waals surface area (Å²) < 4.78 is 30.0. The van der Waals surface area contributed by atoms with Gasteiger partial charge in [-0.1, -0.05) is 0 Å². The summed E-state index contributed by atoms with van der Waals surface area (Å²) in [7, 11) is -3.57. The van der Waals surface area contributed by atoms with Crippen molar-refractivity contribution in [2.45, 2.75) is 11.8 Å². The van der Waals surface area contributed by atoms with Gasteiger partial charge in [0, 0.05) is 0 Å². The summed E-state index contributed by atoms with van der Waals surface area (Å²) in [6.07, 6.45) is 0. The number of rotatable bonds is 6. The van der Waals surface area contributed by atoms with Gasteiger partial charge >= 0.3 is 174 Å². The molecule has 3 nitrogen and oxygen atoms in total. The van der Waals surface area contributed by atoms with E-state index in [2.05, 4.69) is 44.4 Å². The van der Waals surface area contributed by atoms with Crippen LogP contribution in [0.2, 0.25) is 0 Å². The van der Waals surface area contributed by atoms with Gasteiger partial charge in [-0.3, -0.25) is 0 Å². The fourth-order valence-electron chi connectivity index (χ4n) is 2.32. The molecular formula is C21H18INO2SSe. The van der Waals surface area contributed by atoms with Crippen molar-refractivity contribution in [3.8, 4) is 0 Å². The van der Waals surface area contributed by atoms with E-state index in [4.69, 9.17) is 0 Å². The molecule has 138 valence electrons. The van der Waals surface area contributed by atoms with Gasteiger partial charge in [-0.15, -0.1) is 0 Å². The first-order chi connectivity index (χ1) is 12.9. The molecule has 3 aromatic carbocycles. The average Bonchev–Trinajstić information content (AvgIpc) is 2.67. The van der Waals surface area contributed by atoms with E-state index in [9.17, 15) is 8.42 Å². The molecule has 0 radical (unpaired) electrons. The maximum atomic E-state index is 12.5. The zero-order valence-electron chi connectivity index (χ0n) is 14.6. The first-order valence-corrected chi connectivity index (χ1v) is 12.6. The Bertz CT molecular complexity index is 1030. The molecule has 0 aliphatic carbocycles. The average molecular weight is 554 g/mol. The van der Waals surface area contributed by atoms with Crippen molar-refractivity contribution >= 4 is 61.3 Å². The van der Waals surface area contributed by atoms with Crippen LogP contribution in [-0.4, -0.2) is 23.4 Å². The van der Waals surface area contributed by atoms with Gasteiger partial charge in [0.15, 0.2) is 0 Å². The fraction of sp³-hybridized carbons (Fsp3) is 0.0476. The van der Waals surface area contributed by atoms with Crippen LogP contribution in [-0.2, 0) is 10.0 Å². The Kier molecular flexibility index (Phi) is 6.76. The van der Waals surface area contributed by atoms with E-state index in [1.807, 2.05) is 37.3 Å². The molecule has 0 aliphatic rings. The van der Waals surface area contributed by atoms with Crippen LogP contribution in [0.15, 0.2) is 88.7 Å². The van der Waals surface area contributed by atoms with E-state index in [0.717, 1.165) is 14.7 Å². The first kappa shape index (κ1) is 20.1. The van der Waals surface area contributed by atoms with Crippen molar-refractivity contribution in [1.82, 2.24) is 0 Å². The molecule has 0 spiro atoms. The summed E-state index contributed by atoms with van der Waals surface area (Å²) in [6, 6.07) is 24.6. The molecule has 0 aromatic heterocycles. The van der Waals surface area contributed by atoms with Crippen molar-refractivity contribution in [2.24, 2.45) is 0 Å². The van der Waals surface area contributed by atoms with E-state index in [1.165, 1.54) is 4.46 Å². The van der Waals surface area contributed by atoms with Gasteiger partial charge < -0.3 is 0 Å². The van der Waals surface area contributed by atoms with Crippen molar-refractivity contribution in [1.29, 1.82) is 0 Å². The van der Waals surface area contributed by atoms with Crippen molar-refractivity contribution in [3.63, 3.8) is 0 Å². The van der Waals surface area contributed by atoms with Crippen molar-refractivity contribution in [2.75, 3.05) is 4.72 Å². The van der Waals surface area contributed by atoms with Crippen LogP contribution in [0.25, 0.3) is 3.58 Å². The maximum absolute atomic E-state index is 12.5. The van der Waals surface area contributed by atoms with Gasteiger partial charge in [0.2, 0.25) is 0 Å². The summed E-state index contributed by atoms with van der Waals surface area (Å²) in [4.78, 5) is 2.49. The number of sulfonamides is 1. The van der Waals surface area contributed by atoms with Crippen LogP contribution in [0.3, 0.4) is 0 Å². The number of hydrogen-bond donors (Lipinski definition) is 1. The molecule has 6 heteroatoms. The number of benzene rings is 3. The molecule has 0 saturated heterocycles. The third-order valence-electron chi connectivity index (χ3n) is 3.79. The molecule has 1 N–H and O–H groups in total. The zero-order chi connectivity index (χ0) is 19.3. The van der Waals surface area contributed by atoms with Gasteiger partial charge in [0.1, 0.15) is 0 Å². The van der Waals surface area contributed by atoms with E-state index in [0.29, 0.717) is 5.69 Å². The normalized spacial score (nSPS) is 12.0. The second kappa shape index (κ2) is 9.06. The Balaban J connectivity index is 1.70. The monoisotopic (exact) mass is 555 g/mol. The van der Waals surface area contributed by atoms with Crippen LogP contribution in [0.1, 0.15) is 11.1 Å². The minimum absolute atomic E-state index is 0.261. The Labute approximate surface area is 180 Å². The van der Waals surface area contributed by atoms with Crippen LogP contribution in [0.4, 0.5) is 5.69 Å². The summed E-state index contributed by atoms with van der Waals surface area (Å²) in [6.45, 7) is 1.93. The summed E-state index contributed by atoms with van der Waals surface area (Å²) in [5.74, 6) is 0. The number of anilines is 1. The Morgan fingerprint density at radius 1 is 0.926 bits per heavy atom. The van der Waals surface area contributed by atoms with Crippen LogP contribution in [0, 0.1) is 6.92 Å². The third-order valence-corrected chi connectivity index (χ3v) is 8.95. The molecule has 0 aliphatic heterocycles. The number of nitrogens with one attached hydrogen (secondary N) is 1. The van der Waals surface area contributed by atoms with Crippen LogP contribution >= 0.6 is 22.6 Å². The predicted octanol–water partition coefficient (Wildman–Crippen LogP) is 4.56. The van der Waals surface area contributed by atoms with Crippen molar-refractivity contribution < 1.29 is 8.42 Å². The molecule has 0 atom stereocenters. The molecule has 0 fully saturated rings. The third kappa shape index (κ3) is 5.69. The standard InChI is InChI=1S/C21H18INO2SSe/c1-16-7-13-19(14-8-16)26(24,25)23-18-11-9-17(10-12-18)21(22)15-27-20-5-3-2-4-6-20/h2-15,23H,1H3/b21-15+. The zero-order valence-corrected chi connectivity index (χ0v) is 19.3. The molecule has 0 bridgehead atoms. The van der Waals surface area contributed by atoms with E-state index < -0.39 is 10.0 Å². The number of halogens is 1. The fourth-order valence-corrected chi connectivity index (χ4v) is 5.84.